The summed E-state index contributed by atoms with van der Waals surface area (Å²) in [5, 5.41) is 4.24. The molecule has 20 heavy (non-hydrogen) atoms. The number of nitrogens with zero attached hydrogens (tertiary/aromatic N) is 2. The maximum Gasteiger partial charge on any atom is 0.128 e. The molecule has 4 heteroatoms. The van der Waals surface area contributed by atoms with Crippen molar-refractivity contribution in [3.05, 3.63) is 41.5 Å². The molecule has 0 atom stereocenters. The summed E-state index contributed by atoms with van der Waals surface area (Å²) in [6.45, 7) is 1.92. The fourth-order valence-corrected chi connectivity index (χ4v) is 3.88. The molecule has 1 aromatic carbocycles. The lowest BCUT2D eigenvalue weighted by molar-refractivity contribution is 1.02. The fraction of sp³-hybridized carbons (Fsp3) is 0.125. The molecule has 0 N–H and O–H groups in total. The Bertz CT molecular complexity index is 785. The third kappa shape index (κ3) is 2.43. The zero-order valence-corrected chi connectivity index (χ0v) is 12.6. The van der Waals surface area contributed by atoms with Gasteiger partial charge in [0, 0.05) is 10.9 Å². The minimum Gasteiger partial charge on any atom is -0.226 e. The molecule has 0 spiro atoms. The van der Waals surface area contributed by atoms with Gasteiger partial charge >= 0.3 is 0 Å². The molecule has 0 bridgehead atoms. The van der Waals surface area contributed by atoms with Crippen LogP contribution in [-0.2, 0) is 0 Å². The van der Waals surface area contributed by atoms with E-state index in [4.69, 9.17) is 6.42 Å². The highest BCUT2D eigenvalue weighted by Crippen LogP contribution is 2.38. The molecule has 3 aromatic rings. The van der Waals surface area contributed by atoms with E-state index in [1.807, 2.05) is 25.1 Å². The van der Waals surface area contributed by atoms with Crippen molar-refractivity contribution in [2.24, 2.45) is 0 Å². The molecule has 0 radical (unpaired) electrons. The second-order valence-electron chi connectivity index (χ2n) is 4.26. The third-order valence-electron chi connectivity index (χ3n) is 2.89. The van der Waals surface area contributed by atoms with Gasteiger partial charge in [-0.1, -0.05) is 48.0 Å². The van der Waals surface area contributed by atoms with Crippen molar-refractivity contribution in [3.63, 3.8) is 0 Å². The van der Waals surface area contributed by atoms with Crippen LogP contribution in [0.1, 0.15) is 5.82 Å². The number of fused-ring (bicyclic) bond motifs is 1. The first-order valence-electron chi connectivity index (χ1n) is 6.17. The van der Waals surface area contributed by atoms with E-state index in [1.54, 1.807) is 23.1 Å². The summed E-state index contributed by atoms with van der Waals surface area (Å²) in [5.74, 6) is 4.07. The summed E-state index contributed by atoms with van der Waals surface area (Å²) in [6, 6.07) is 10.3. The summed E-state index contributed by atoms with van der Waals surface area (Å²) in [4.78, 5) is 10.1. The largest absolute Gasteiger partial charge is 0.226 e. The molecule has 0 saturated heterocycles. The highest BCUT2D eigenvalue weighted by atomic mass is 32.2. The number of hydrogen-bond acceptors (Lipinski definition) is 4. The van der Waals surface area contributed by atoms with E-state index in [2.05, 4.69) is 33.4 Å². The Balaban J connectivity index is 2.22. The molecule has 3 rings (SSSR count). The van der Waals surface area contributed by atoms with Crippen LogP contribution >= 0.6 is 23.1 Å². The van der Waals surface area contributed by atoms with E-state index in [0.717, 1.165) is 21.1 Å². The van der Waals surface area contributed by atoms with Gasteiger partial charge in [-0.25, -0.2) is 9.97 Å². The quantitative estimate of drug-likeness (QED) is 0.407. The van der Waals surface area contributed by atoms with Gasteiger partial charge in [-0.15, -0.1) is 17.8 Å². The van der Waals surface area contributed by atoms with E-state index in [9.17, 15) is 0 Å². The first-order valence-corrected chi connectivity index (χ1v) is 8.03. The van der Waals surface area contributed by atoms with Gasteiger partial charge in [0.05, 0.1) is 11.1 Å². The van der Waals surface area contributed by atoms with Crippen molar-refractivity contribution in [2.75, 3.05) is 5.75 Å². The molecule has 0 aliphatic carbocycles. The lowest BCUT2D eigenvalue weighted by atomic mass is 10.1. The highest BCUT2D eigenvalue weighted by molar-refractivity contribution is 7.99. The second-order valence-corrected chi connectivity index (χ2v) is 6.09. The summed E-state index contributed by atoms with van der Waals surface area (Å²) >= 11 is 3.25. The van der Waals surface area contributed by atoms with Crippen LogP contribution < -0.4 is 0 Å². The topological polar surface area (TPSA) is 25.8 Å². The van der Waals surface area contributed by atoms with Crippen LogP contribution in [0.4, 0.5) is 0 Å². The number of thioether (sulfide) groups is 1. The van der Waals surface area contributed by atoms with E-state index in [1.165, 1.54) is 11.1 Å². The van der Waals surface area contributed by atoms with E-state index in [-0.39, 0.29) is 0 Å². The van der Waals surface area contributed by atoms with Crippen molar-refractivity contribution in [1.82, 2.24) is 9.97 Å². The molecule has 0 amide bonds. The van der Waals surface area contributed by atoms with Gasteiger partial charge < -0.3 is 0 Å². The summed E-state index contributed by atoms with van der Waals surface area (Å²) in [7, 11) is 0. The Kier molecular flexibility index (Phi) is 3.72. The third-order valence-corrected chi connectivity index (χ3v) is 4.64. The van der Waals surface area contributed by atoms with Crippen LogP contribution in [0.3, 0.4) is 0 Å². The maximum absolute atomic E-state index is 5.37. The van der Waals surface area contributed by atoms with Crippen LogP contribution in [0.25, 0.3) is 21.3 Å². The Morgan fingerprint density at radius 3 is 2.80 bits per heavy atom. The van der Waals surface area contributed by atoms with Crippen molar-refractivity contribution in [3.8, 4) is 23.5 Å². The van der Waals surface area contributed by atoms with Gasteiger partial charge in [0.15, 0.2) is 0 Å². The smallest absolute Gasteiger partial charge is 0.128 e. The summed E-state index contributed by atoms with van der Waals surface area (Å²) in [5.41, 5.74) is 2.37. The van der Waals surface area contributed by atoms with Crippen molar-refractivity contribution in [2.45, 2.75) is 11.9 Å². The summed E-state index contributed by atoms with van der Waals surface area (Å²) in [6.07, 6.45) is 5.37. The number of aryl methyl sites for hydroxylation is 1. The molecular formula is C16H12N2S2. The predicted molar refractivity (Wildman–Crippen MR) is 87.1 cm³/mol. The van der Waals surface area contributed by atoms with Crippen LogP contribution in [-0.4, -0.2) is 15.7 Å². The molecule has 0 aliphatic heterocycles. The monoisotopic (exact) mass is 296 g/mol. The average Bonchev–Trinajstić information content (AvgIpc) is 2.89. The molecule has 0 unspecified atom stereocenters. The van der Waals surface area contributed by atoms with Gasteiger partial charge in [-0.2, -0.15) is 0 Å². The number of aromatic nitrogens is 2. The maximum atomic E-state index is 5.37. The minimum absolute atomic E-state index is 0.621. The second kappa shape index (κ2) is 5.66. The highest BCUT2D eigenvalue weighted by Gasteiger charge is 2.14. The predicted octanol–water partition coefficient (Wildman–Crippen LogP) is 4.39. The number of benzene rings is 1. The van der Waals surface area contributed by atoms with Gasteiger partial charge in [0.25, 0.3) is 0 Å². The number of thiophene rings is 1. The molecular weight excluding hydrogens is 284 g/mol. The molecule has 2 heterocycles. The van der Waals surface area contributed by atoms with E-state index in [0.29, 0.717) is 5.75 Å². The number of terminal acetylenes is 1. The summed E-state index contributed by atoms with van der Waals surface area (Å²) < 4.78 is 0. The molecule has 0 fully saturated rings. The van der Waals surface area contributed by atoms with E-state index >= 15 is 0 Å². The van der Waals surface area contributed by atoms with Crippen LogP contribution in [0.15, 0.2) is 40.7 Å². The Morgan fingerprint density at radius 1 is 1.25 bits per heavy atom. The van der Waals surface area contributed by atoms with Crippen molar-refractivity contribution in [1.29, 1.82) is 0 Å². The zero-order chi connectivity index (χ0) is 13.9. The lowest BCUT2D eigenvalue weighted by Gasteiger charge is -2.05. The van der Waals surface area contributed by atoms with Gasteiger partial charge in [0.1, 0.15) is 15.7 Å². The van der Waals surface area contributed by atoms with Crippen molar-refractivity contribution >= 4 is 33.3 Å². The van der Waals surface area contributed by atoms with Gasteiger partial charge in [-0.3, -0.25) is 0 Å². The molecule has 0 saturated carbocycles. The normalized spacial score (nSPS) is 10.6. The Labute approximate surface area is 126 Å². The first kappa shape index (κ1) is 13.2. The first-order chi connectivity index (χ1) is 9.79. The molecule has 2 aromatic heterocycles. The molecule has 98 valence electrons. The van der Waals surface area contributed by atoms with Gasteiger partial charge in [-0.05, 0) is 12.5 Å². The van der Waals surface area contributed by atoms with E-state index < -0.39 is 0 Å². The number of hydrogen-bond donors (Lipinski definition) is 0. The van der Waals surface area contributed by atoms with Crippen LogP contribution in [0.2, 0.25) is 0 Å². The minimum atomic E-state index is 0.621. The average molecular weight is 296 g/mol. The SMILES string of the molecule is C#CCSc1nc(C)nc2scc(-c3ccccc3)c12. The molecule has 2 nitrogen and oxygen atoms in total. The van der Waals surface area contributed by atoms with Crippen molar-refractivity contribution < 1.29 is 0 Å². The Morgan fingerprint density at radius 2 is 2.05 bits per heavy atom. The zero-order valence-electron chi connectivity index (χ0n) is 11.0. The van der Waals surface area contributed by atoms with Crippen LogP contribution in [0.5, 0.6) is 0 Å². The Hall–Kier alpha value is -1.83. The number of rotatable bonds is 3. The molecule has 0 aliphatic rings. The van der Waals surface area contributed by atoms with Gasteiger partial charge in [0.2, 0.25) is 0 Å². The van der Waals surface area contributed by atoms with Crippen LogP contribution in [0, 0.1) is 19.3 Å². The standard InChI is InChI=1S/C16H12N2S2/c1-3-9-19-15-14-13(12-7-5-4-6-8-12)10-20-16(14)18-11(2)17-15/h1,4-8,10H,9H2,2H3. The lowest BCUT2D eigenvalue weighted by Crippen LogP contribution is -1.91. The fourth-order valence-electron chi connectivity index (χ4n) is 2.06.